The third-order valence-corrected chi connectivity index (χ3v) is 5.75. The van der Waals surface area contributed by atoms with Gasteiger partial charge >= 0.3 is 6.36 Å². The van der Waals surface area contributed by atoms with Crippen LogP contribution in [0.1, 0.15) is 24.2 Å². The molecule has 1 atom stereocenters. The van der Waals surface area contributed by atoms with Gasteiger partial charge in [0.2, 0.25) is 5.88 Å². The topological polar surface area (TPSA) is 88.1 Å². The highest BCUT2D eigenvalue weighted by atomic mass is 35.5. The van der Waals surface area contributed by atoms with Crippen LogP contribution in [0.5, 0.6) is 23.1 Å². The SMILES string of the molecule is CC1(C)OCC(COc2cc(NC(=O)c3cc(Cl)c(Cl)cc3Oc3ccc(OC(F)(F)F)cc3)ccn2)O1. The third kappa shape index (κ3) is 7.64. The Labute approximate surface area is 225 Å². The molecular formula is C25H21Cl2F3N2O6. The number of carbonyl (C=O) groups excluding carboxylic acids is 1. The molecule has 1 N–H and O–H groups in total. The molecule has 0 aliphatic carbocycles. The van der Waals surface area contributed by atoms with Gasteiger partial charge in [-0.2, -0.15) is 0 Å². The van der Waals surface area contributed by atoms with Crippen molar-refractivity contribution in [3.8, 4) is 23.1 Å². The van der Waals surface area contributed by atoms with E-state index >= 15 is 0 Å². The Kier molecular flexibility index (Phi) is 8.22. The van der Waals surface area contributed by atoms with Crippen LogP contribution in [0, 0.1) is 0 Å². The predicted octanol–water partition coefficient (Wildman–Crippen LogP) is 6.86. The molecule has 4 rings (SSSR count). The van der Waals surface area contributed by atoms with Crippen molar-refractivity contribution >= 4 is 34.8 Å². The quantitative estimate of drug-likeness (QED) is 0.315. The van der Waals surface area contributed by atoms with Crippen LogP contribution >= 0.6 is 23.2 Å². The van der Waals surface area contributed by atoms with E-state index in [-0.39, 0.29) is 45.7 Å². The second-order valence-corrected chi connectivity index (χ2v) is 9.30. The number of nitrogens with one attached hydrogen (secondary N) is 1. The Bertz CT molecular complexity index is 1310. The number of anilines is 1. The minimum Gasteiger partial charge on any atom is -0.475 e. The van der Waals surface area contributed by atoms with Crippen molar-refractivity contribution in [1.29, 1.82) is 0 Å². The molecule has 1 saturated heterocycles. The van der Waals surface area contributed by atoms with E-state index in [1.54, 1.807) is 19.9 Å². The molecule has 1 fully saturated rings. The number of hydrogen-bond donors (Lipinski definition) is 1. The summed E-state index contributed by atoms with van der Waals surface area (Å²) < 4.78 is 63.7. The zero-order valence-electron chi connectivity index (χ0n) is 20.0. The lowest BCUT2D eigenvalue weighted by Gasteiger charge is -2.17. The molecule has 0 saturated carbocycles. The van der Waals surface area contributed by atoms with Gasteiger partial charge in [-0.3, -0.25) is 4.79 Å². The number of carbonyl (C=O) groups is 1. The normalized spacial score (nSPS) is 16.7. The molecule has 13 heteroatoms. The molecule has 1 aromatic heterocycles. The molecule has 0 radical (unpaired) electrons. The lowest BCUT2D eigenvalue weighted by molar-refractivity contribution is -0.274. The number of amides is 1. The Hall–Kier alpha value is -3.25. The van der Waals surface area contributed by atoms with Crippen molar-refractivity contribution in [2.24, 2.45) is 0 Å². The maximum Gasteiger partial charge on any atom is 0.573 e. The summed E-state index contributed by atoms with van der Waals surface area (Å²) in [5.74, 6) is -1.30. The van der Waals surface area contributed by atoms with Crippen molar-refractivity contribution in [3.63, 3.8) is 0 Å². The van der Waals surface area contributed by atoms with E-state index in [9.17, 15) is 18.0 Å². The van der Waals surface area contributed by atoms with Crippen molar-refractivity contribution in [3.05, 3.63) is 70.3 Å². The van der Waals surface area contributed by atoms with Gasteiger partial charge in [-0.15, -0.1) is 13.2 Å². The first-order chi connectivity index (χ1) is 17.9. The number of aromatic nitrogens is 1. The summed E-state index contributed by atoms with van der Waals surface area (Å²) in [5, 5.41) is 2.91. The number of benzene rings is 2. The molecule has 2 aromatic carbocycles. The molecule has 0 spiro atoms. The predicted molar refractivity (Wildman–Crippen MR) is 132 cm³/mol. The smallest absolute Gasteiger partial charge is 0.475 e. The first-order valence-electron chi connectivity index (χ1n) is 11.1. The maximum atomic E-state index is 13.1. The molecule has 3 aromatic rings. The van der Waals surface area contributed by atoms with Crippen LogP contribution in [0.15, 0.2) is 54.7 Å². The number of hydrogen-bond acceptors (Lipinski definition) is 7. The molecule has 1 aliphatic heterocycles. The summed E-state index contributed by atoms with van der Waals surface area (Å²) in [5.41, 5.74) is 0.391. The molecular weight excluding hydrogens is 552 g/mol. The third-order valence-electron chi connectivity index (χ3n) is 5.03. The Balaban J connectivity index is 1.46. The second-order valence-electron chi connectivity index (χ2n) is 8.48. The highest BCUT2D eigenvalue weighted by Crippen LogP contribution is 2.35. The van der Waals surface area contributed by atoms with Crippen molar-refractivity contribution in [2.45, 2.75) is 32.1 Å². The van der Waals surface area contributed by atoms with Gasteiger partial charge in [0.1, 0.15) is 30.0 Å². The average Bonchev–Trinajstić information content (AvgIpc) is 3.19. The minimum atomic E-state index is -4.83. The van der Waals surface area contributed by atoms with Gasteiger partial charge in [0, 0.05) is 24.0 Å². The Morgan fingerprint density at radius 2 is 1.79 bits per heavy atom. The van der Waals surface area contributed by atoms with Crippen LogP contribution in [-0.2, 0) is 9.47 Å². The lowest BCUT2D eigenvalue weighted by atomic mass is 10.1. The molecule has 38 heavy (non-hydrogen) atoms. The van der Waals surface area contributed by atoms with Crippen LogP contribution in [0.25, 0.3) is 0 Å². The van der Waals surface area contributed by atoms with E-state index in [1.165, 1.54) is 36.5 Å². The molecule has 8 nitrogen and oxygen atoms in total. The number of ether oxygens (including phenoxy) is 5. The van der Waals surface area contributed by atoms with Gasteiger partial charge in [-0.1, -0.05) is 23.2 Å². The van der Waals surface area contributed by atoms with E-state index < -0.39 is 23.8 Å². The lowest BCUT2D eigenvalue weighted by Crippen LogP contribution is -2.25. The average molecular weight is 573 g/mol. The van der Waals surface area contributed by atoms with E-state index in [2.05, 4.69) is 15.0 Å². The second kappa shape index (κ2) is 11.2. The summed E-state index contributed by atoms with van der Waals surface area (Å²) >= 11 is 12.2. The summed E-state index contributed by atoms with van der Waals surface area (Å²) in [6.07, 6.45) is -3.64. The molecule has 2 heterocycles. The monoisotopic (exact) mass is 572 g/mol. The van der Waals surface area contributed by atoms with Crippen LogP contribution in [0.3, 0.4) is 0 Å². The number of rotatable bonds is 8. The Morgan fingerprint density at radius 1 is 1.11 bits per heavy atom. The van der Waals surface area contributed by atoms with Gasteiger partial charge < -0.3 is 29.0 Å². The first kappa shape index (κ1) is 27.8. The van der Waals surface area contributed by atoms with Gasteiger partial charge in [0.15, 0.2) is 5.79 Å². The fourth-order valence-corrected chi connectivity index (χ4v) is 3.73. The molecule has 1 unspecified atom stereocenters. The zero-order chi connectivity index (χ0) is 27.5. The molecule has 0 bridgehead atoms. The summed E-state index contributed by atoms with van der Waals surface area (Å²) in [6, 6.07) is 10.4. The maximum absolute atomic E-state index is 13.1. The van der Waals surface area contributed by atoms with Gasteiger partial charge in [-0.05, 0) is 50.2 Å². The molecule has 202 valence electrons. The van der Waals surface area contributed by atoms with Crippen LogP contribution < -0.4 is 19.5 Å². The van der Waals surface area contributed by atoms with Crippen LogP contribution in [0.2, 0.25) is 10.0 Å². The van der Waals surface area contributed by atoms with Crippen molar-refractivity contribution in [1.82, 2.24) is 4.98 Å². The largest absolute Gasteiger partial charge is 0.573 e. The highest BCUT2D eigenvalue weighted by Gasteiger charge is 2.33. The fourth-order valence-electron chi connectivity index (χ4n) is 3.41. The van der Waals surface area contributed by atoms with Gasteiger partial charge in [-0.25, -0.2) is 4.98 Å². The zero-order valence-corrected chi connectivity index (χ0v) is 21.5. The van der Waals surface area contributed by atoms with E-state index in [1.807, 2.05) is 0 Å². The first-order valence-corrected chi connectivity index (χ1v) is 11.9. The Morgan fingerprint density at radius 3 is 2.45 bits per heavy atom. The fraction of sp³-hybridized carbons (Fsp3) is 0.280. The van der Waals surface area contributed by atoms with Crippen molar-refractivity contribution in [2.75, 3.05) is 18.5 Å². The van der Waals surface area contributed by atoms with Gasteiger partial charge in [0.25, 0.3) is 5.91 Å². The van der Waals surface area contributed by atoms with E-state index in [0.717, 1.165) is 12.1 Å². The van der Waals surface area contributed by atoms with Gasteiger partial charge in [0.05, 0.1) is 22.2 Å². The number of halogens is 5. The van der Waals surface area contributed by atoms with E-state index in [0.29, 0.717) is 12.3 Å². The van der Waals surface area contributed by atoms with Crippen LogP contribution in [0.4, 0.5) is 18.9 Å². The minimum absolute atomic E-state index is 0.0212. The standard InChI is InChI=1S/C25H21Cl2F3N2O6/c1-24(2)35-13-17(37-24)12-34-22-9-14(7-8-31-22)32-23(33)18-10-19(26)20(27)11-21(18)36-15-3-5-16(6-4-15)38-25(28,29)30/h3-11,17H,12-13H2,1-2H3,(H,31,32,33). The summed E-state index contributed by atoms with van der Waals surface area (Å²) in [7, 11) is 0. The highest BCUT2D eigenvalue weighted by molar-refractivity contribution is 6.42. The number of pyridine rings is 1. The number of nitrogens with zero attached hydrogens (tertiary/aromatic N) is 1. The van der Waals surface area contributed by atoms with Crippen molar-refractivity contribution < 1.29 is 41.7 Å². The number of alkyl halides is 3. The molecule has 1 amide bonds. The molecule has 1 aliphatic rings. The van der Waals surface area contributed by atoms with E-state index in [4.69, 9.17) is 42.1 Å². The van der Waals surface area contributed by atoms with Crippen LogP contribution in [-0.4, -0.2) is 42.4 Å². The summed E-state index contributed by atoms with van der Waals surface area (Å²) in [6.45, 7) is 4.19. The summed E-state index contributed by atoms with van der Waals surface area (Å²) in [4.78, 5) is 17.2.